The summed E-state index contributed by atoms with van der Waals surface area (Å²) in [6.07, 6.45) is -4.43. The minimum absolute atomic E-state index is 0.0587. The molecule has 0 aliphatic carbocycles. The zero-order chi connectivity index (χ0) is 16.5. The van der Waals surface area contributed by atoms with E-state index in [0.29, 0.717) is 23.8 Å². The molecule has 1 fully saturated rings. The number of halogens is 3. The topological polar surface area (TPSA) is 83.6 Å². The second kappa shape index (κ2) is 6.05. The van der Waals surface area contributed by atoms with Gasteiger partial charge in [0.05, 0.1) is 29.2 Å². The van der Waals surface area contributed by atoms with Gasteiger partial charge in [0.2, 0.25) is 0 Å². The molecule has 0 saturated carbocycles. The van der Waals surface area contributed by atoms with E-state index in [2.05, 4.69) is 0 Å². The monoisotopic (exact) mass is 322 g/mol. The van der Waals surface area contributed by atoms with Gasteiger partial charge in [-0.05, 0) is 6.42 Å². The first-order valence-electron chi connectivity index (χ1n) is 6.34. The van der Waals surface area contributed by atoms with Crippen LogP contribution in [0.15, 0.2) is 17.1 Å². The fourth-order valence-corrected chi connectivity index (χ4v) is 2.36. The average Bonchev–Trinajstić information content (AvgIpc) is 2.46. The number of alkyl halides is 3. The zero-order valence-corrected chi connectivity index (χ0v) is 11.5. The number of ether oxygens (including phenoxy) is 2. The fraction of sp³-hybridized carbons (Fsp3) is 0.583. The van der Waals surface area contributed by atoms with E-state index < -0.39 is 40.1 Å². The highest BCUT2D eigenvalue weighted by atomic mass is 19.4. The smallest absolute Gasteiger partial charge is 0.379 e. The van der Waals surface area contributed by atoms with E-state index in [1.807, 2.05) is 0 Å². The lowest BCUT2D eigenvalue weighted by Gasteiger charge is -2.31. The van der Waals surface area contributed by atoms with Crippen molar-refractivity contribution in [2.24, 2.45) is 0 Å². The molecule has 0 spiro atoms. The molecular formula is C12H13F3N2O5. The van der Waals surface area contributed by atoms with Gasteiger partial charge in [0.15, 0.2) is 0 Å². The van der Waals surface area contributed by atoms with E-state index in [0.717, 1.165) is 0 Å². The van der Waals surface area contributed by atoms with Crippen molar-refractivity contribution in [1.29, 1.82) is 0 Å². The molecule has 1 unspecified atom stereocenters. The minimum atomic E-state index is -4.81. The predicted molar refractivity (Wildman–Crippen MR) is 67.6 cm³/mol. The maximum absolute atomic E-state index is 12.9. The number of methoxy groups -OCH3 is 1. The van der Waals surface area contributed by atoms with Gasteiger partial charge < -0.3 is 14.0 Å². The standard InChI is InChI=1S/C12H13F3N2O5/c1-21-10-2-3-22-6-9(10)16-5-7(12(13,14)15)4-8(11(16)18)17(19)20/h4-5,9-10H,2-3,6H2,1H3/t9?,10-/m1/s1. The van der Waals surface area contributed by atoms with Crippen LogP contribution in [0.3, 0.4) is 0 Å². The molecule has 0 radical (unpaired) electrons. The zero-order valence-electron chi connectivity index (χ0n) is 11.5. The average molecular weight is 322 g/mol. The van der Waals surface area contributed by atoms with Gasteiger partial charge in [0.1, 0.15) is 0 Å². The molecular weight excluding hydrogens is 309 g/mol. The third kappa shape index (κ3) is 3.12. The van der Waals surface area contributed by atoms with Crippen molar-refractivity contribution in [3.05, 3.63) is 38.3 Å². The number of rotatable bonds is 3. The summed E-state index contributed by atoms with van der Waals surface area (Å²) in [6, 6.07) is -0.614. The Morgan fingerprint density at radius 1 is 1.50 bits per heavy atom. The SMILES string of the molecule is CO[C@@H]1CCOCC1n1cc(C(F)(F)F)cc([N+](=O)[O-])c1=O. The van der Waals surface area contributed by atoms with Crippen LogP contribution in [0.25, 0.3) is 0 Å². The van der Waals surface area contributed by atoms with E-state index in [1.54, 1.807) is 0 Å². The maximum atomic E-state index is 12.9. The van der Waals surface area contributed by atoms with Crippen LogP contribution < -0.4 is 5.56 Å². The molecule has 1 aliphatic heterocycles. The Labute approximate surface area is 122 Å². The number of aromatic nitrogens is 1. The summed E-state index contributed by atoms with van der Waals surface area (Å²) in [5.74, 6) is 0. The van der Waals surface area contributed by atoms with Gasteiger partial charge in [0.25, 0.3) is 0 Å². The van der Waals surface area contributed by atoms with E-state index in [1.165, 1.54) is 7.11 Å². The fourth-order valence-electron chi connectivity index (χ4n) is 2.36. The molecule has 1 aromatic rings. The Hall–Kier alpha value is -1.94. The lowest BCUT2D eigenvalue weighted by molar-refractivity contribution is -0.386. The molecule has 122 valence electrons. The highest BCUT2D eigenvalue weighted by Crippen LogP contribution is 2.32. The molecule has 22 heavy (non-hydrogen) atoms. The molecule has 10 heteroatoms. The largest absolute Gasteiger partial charge is 0.418 e. The Morgan fingerprint density at radius 2 is 2.18 bits per heavy atom. The van der Waals surface area contributed by atoms with Crippen LogP contribution >= 0.6 is 0 Å². The van der Waals surface area contributed by atoms with Crippen molar-refractivity contribution >= 4 is 5.69 Å². The first-order valence-corrected chi connectivity index (χ1v) is 6.34. The molecule has 0 N–H and O–H groups in total. The van der Waals surface area contributed by atoms with E-state index in [4.69, 9.17) is 9.47 Å². The van der Waals surface area contributed by atoms with Crippen LogP contribution in [-0.2, 0) is 15.7 Å². The Balaban J connectivity index is 2.61. The second-order valence-corrected chi connectivity index (χ2v) is 4.79. The summed E-state index contributed by atoms with van der Waals surface area (Å²) in [5.41, 5.74) is -3.51. The van der Waals surface area contributed by atoms with Crippen molar-refractivity contribution in [1.82, 2.24) is 4.57 Å². The van der Waals surface area contributed by atoms with Crippen LogP contribution in [0.1, 0.15) is 18.0 Å². The highest BCUT2D eigenvalue weighted by Gasteiger charge is 2.37. The molecule has 0 amide bonds. The highest BCUT2D eigenvalue weighted by molar-refractivity contribution is 5.33. The van der Waals surface area contributed by atoms with Gasteiger partial charge in [-0.3, -0.25) is 14.9 Å². The maximum Gasteiger partial charge on any atom is 0.418 e. The van der Waals surface area contributed by atoms with Crippen molar-refractivity contribution in [2.45, 2.75) is 24.7 Å². The predicted octanol–water partition coefficient (Wildman–Crippen LogP) is 1.75. The molecule has 1 saturated heterocycles. The third-order valence-electron chi connectivity index (χ3n) is 3.47. The van der Waals surface area contributed by atoms with Gasteiger partial charge in [-0.1, -0.05) is 0 Å². The number of hydrogen-bond acceptors (Lipinski definition) is 5. The van der Waals surface area contributed by atoms with Crippen molar-refractivity contribution in [3.63, 3.8) is 0 Å². The number of pyridine rings is 1. The van der Waals surface area contributed by atoms with Crippen LogP contribution in [-0.4, -0.2) is 35.9 Å². The number of nitro groups is 1. The second-order valence-electron chi connectivity index (χ2n) is 4.79. The Kier molecular flexibility index (Phi) is 4.52. The number of hydrogen-bond donors (Lipinski definition) is 0. The van der Waals surface area contributed by atoms with E-state index in [9.17, 15) is 28.1 Å². The molecule has 7 nitrogen and oxygen atoms in total. The van der Waals surface area contributed by atoms with Crippen LogP contribution in [0.2, 0.25) is 0 Å². The quantitative estimate of drug-likeness (QED) is 0.625. The number of nitrogens with zero attached hydrogens (tertiary/aromatic N) is 2. The van der Waals surface area contributed by atoms with E-state index >= 15 is 0 Å². The van der Waals surface area contributed by atoms with Gasteiger partial charge in [-0.15, -0.1) is 0 Å². The van der Waals surface area contributed by atoms with Crippen LogP contribution in [0.5, 0.6) is 0 Å². The first-order chi connectivity index (χ1) is 10.3. The van der Waals surface area contributed by atoms with Crippen molar-refractivity contribution in [3.8, 4) is 0 Å². The Bertz CT molecular complexity index is 628. The summed E-state index contributed by atoms with van der Waals surface area (Å²) in [6.45, 7) is 0.279. The van der Waals surface area contributed by atoms with E-state index in [-0.39, 0.29) is 12.7 Å². The summed E-state index contributed by atoms with van der Waals surface area (Å²) in [4.78, 5) is 21.8. The third-order valence-corrected chi connectivity index (χ3v) is 3.47. The first kappa shape index (κ1) is 16.4. The Morgan fingerprint density at radius 3 is 2.73 bits per heavy atom. The summed E-state index contributed by atoms with van der Waals surface area (Å²) in [7, 11) is 1.36. The minimum Gasteiger partial charge on any atom is -0.379 e. The molecule has 1 aromatic heterocycles. The lowest BCUT2D eigenvalue weighted by atomic mass is 10.1. The molecule has 2 rings (SSSR count). The summed E-state index contributed by atoms with van der Waals surface area (Å²) in [5, 5.41) is 10.8. The van der Waals surface area contributed by atoms with Gasteiger partial charge in [-0.25, -0.2) is 0 Å². The normalized spacial score (nSPS) is 22.5. The molecule has 2 heterocycles. The molecule has 0 bridgehead atoms. The lowest BCUT2D eigenvalue weighted by Crippen LogP contribution is -2.41. The summed E-state index contributed by atoms with van der Waals surface area (Å²) >= 11 is 0. The van der Waals surface area contributed by atoms with Crippen LogP contribution in [0.4, 0.5) is 18.9 Å². The van der Waals surface area contributed by atoms with Gasteiger partial charge >= 0.3 is 17.4 Å². The molecule has 0 aromatic carbocycles. The van der Waals surface area contributed by atoms with Crippen molar-refractivity contribution in [2.75, 3.05) is 20.3 Å². The van der Waals surface area contributed by atoms with Crippen molar-refractivity contribution < 1.29 is 27.6 Å². The summed E-state index contributed by atoms with van der Waals surface area (Å²) < 4.78 is 49.7. The van der Waals surface area contributed by atoms with Gasteiger partial charge in [0, 0.05) is 26.0 Å². The van der Waals surface area contributed by atoms with Crippen LogP contribution in [0, 0.1) is 10.1 Å². The molecule has 2 atom stereocenters. The molecule has 1 aliphatic rings. The van der Waals surface area contributed by atoms with Gasteiger partial charge in [-0.2, -0.15) is 13.2 Å².